The normalized spacial score (nSPS) is 21.4. The molecule has 2 aromatic carbocycles. The molecule has 6 rings (SSSR count). The molecule has 3 heterocycles. The van der Waals surface area contributed by atoms with Crippen LogP contribution in [0.25, 0.3) is 10.9 Å². The van der Waals surface area contributed by atoms with Crippen LogP contribution in [-0.2, 0) is 17.3 Å². The molecular weight excluding hydrogens is 392 g/mol. The number of methoxy groups -OCH3 is 1. The van der Waals surface area contributed by atoms with Crippen molar-refractivity contribution in [2.24, 2.45) is 7.05 Å². The second-order valence-corrected chi connectivity index (χ2v) is 8.40. The highest BCUT2D eigenvalue weighted by atomic mass is 16.5. The summed E-state index contributed by atoms with van der Waals surface area (Å²) in [7, 11) is 3.54. The summed E-state index contributed by atoms with van der Waals surface area (Å²) in [6.45, 7) is 1.96. The van der Waals surface area contributed by atoms with Crippen LogP contribution in [0.4, 0.5) is 17.2 Å². The van der Waals surface area contributed by atoms with Crippen molar-refractivity contribution in [1.82, 2.24) is 20.0 Å². The molecule has 1 saturated carbocycles. The topological polar surface area (TPSA) is 96.9 Å². The van der Waals surface area contributed by atoms with E-state index in [4.69, 9.17) is 4.74 Å². The Morgan fingerprint density at radius 1 is 1.26 bits per heavy atom. The van der Waals surface area contributed by atoms with Crippen LogP contribution < -0.4 is 15.4 Å². The quantitative estimate of drug-likeness (QED) is 0.473. The summed E-state index contributed by atoms with van der Waals surface area (Å²) >= 11 is 0. The van der Waals surface area contributed by atoms with Crippen LogP contribution in [0.15, 0.2) is 42.6 Å². The van der Waals surface area contributed by atoms with Crippen LogP contribution in [0.2, 0.25) is 0 Å². The van der Waals surface area contributed by atoms with E-state index in [9.17, 15) is 4.79 Å². The Morgan fingerprint density at radius 3 is 2.90 bits per heavy atom. The van der Waals surface area contributed by atoms with Gasteiger partial charge in [0.15, 0.2) is 5.82 Å². The third kappa shape index (κ3) is 2.51. The maximum absolute atomic E-state index is 12.9. The van der Waals surface area contributed by atoms with Crippen molar-refractivity contribution in [2.75, 3.05) is 17.7 Å². The minimum atomic E-state index is -0.508. The number of fused-ring (bicyclic) bond motifs is 3. The molecule has 0 saturated heterocycles. The number of nitrogens with one attached hydrogen (secondary N) is 3. The minimum Gasteiger partial charge on any atom is -0.497 e. The summed E-state index contributed by atoms with van der Waals surface area (Å²) in [6, 6.07) is 12.1. The highest BCUT2D eigenvalue weighted by molar-refractivity contribution is 6.10. The molecule has 4 aromatic rings. The summed E-state index contributed by atoms with van der Waals surface area (Å²) in [6.07, 6.45) is 2.72. The summed E-state index contributed by atoms with van der Waals surface area (Å²) in [5, 5.41) is 19.3. The van der Waals surface area contributed by atoms with Crippen LogP contribution in [0, 0.1) is 6.92 Å². The number of anilines is 3. The number of hydrogen-bond acceptors (Lipinski definition) is 5. The molecule has 1 spiro atoms. The molecule has 1 aliphatic heterocycles. The lowest BCUT2D eigenvalue weighted by Crippen LogP contribution is -2.21. The molecule has 156 valence electrons. The summed E-state index contributed by atoms with van der Waals surface area (Å²) in [5.41, 5.74) is 5.31. The third-order valence-electron chi connectivity index (χ3n) is 6.58. The van der Waals surface area contributed by atoms with E-state index in [1.165, 1.54) is 0 Å². The van der Waals surface area contributed by atoms with Gasteiger partial charge in [0.25, 0.3) is 0 Å². The van der Waals surface area contributed by atoms with Crippen LogP contribution in [0.1, 0.15) is 29.2 Å². The number of carbonyl (C=O) groups excluding carboxylic acids is 1. The van der Waals surface area contributed by atoms with Gasteiger partial charge >= 0.3 is 0 Å². The first-order valence-electron chi connectivity index (χ1n) is 10.2. The fourth-order valence-electron chi connectivity index (χ4n) is 4.90. The van der Waals surface area contributed by atoms with Crippen molar-refractivity contribution < 1.29 is 9.53 Å². The van der Waals surface area contributed by atoms with Crippen molar-refractivity contribution in [3.05, 3.63) is 59.4 Å². The zero-order valence-electron chi connectivity index (χ0n) is 17.5. The molecule has 8 nitrogen and oxygen atoms in total. The molecule has 2 aliphatic rings. The zero-order valence-corrected chi connectivity index (χ0v) is 17.5. The maximum atomic E-state index is 12.9. The number of hydrogen-bond donors (Lipinski definition) is 3. The van der Waals surface area contributed by atoms with Gasteiger partial charge in [-0.15, -0.1) is 0 Å². The largest absolute Gasteiger partial charge is 0.497 e. The number of aromatic nitrogens is 4. The van der Waals surface area contributed by atoms with Crippen LogP contribution in [0.3, 0.4) is 0 Å². The van der Waals surface area contributed by atoms with E-state index in [1.807, 2.05) is 38.4 Å². The lowest BCUT2D eigenvalue weighted by molar-refractivity contribution is -0.118. The van der Waals surface area contributed by atoms with Gasteiger partial charge in [-0.1, -0.05) is 6.07 Å². The summed E-state index contributed by atoms with van der Waals surface area (Å²) in [5.74, 6) is 1.73. The first-order chi connectivity index (χ1) is 15.0. The molecule has 3 N–H and O–H groups in total. The van der Waals surface area contributed by atoms with Crippen LogP contribution in [0.5, 0.6) is 5.75 Å². The van der Waals surface area contributed by atoms with E-state index in [2.05, 4.69) is 44.1 Å². The Hall–Kier alpha value is -3.81. The molecule has 1 aliphatic carbocycles. The van der Waals surface area contributed by atoms with E-state index in [0.29, 0.717) is 0 Å². The zero-order chi connectivity index (χ0) is 21.3. The number of nitrogens with zero attached hydrogens (tertiary/aromatic N) is 3. The van der Waals surface area contributed by atoms with Gasteiger partial charge in [-0.25, -0.2) is 0 Å². The second kappa shape index (κ2) is 6.10. The van der Waals surface area contributed by atoms with Gasteiger partial charge in [0, 0.05) is 30.2 Å². The lowest BCUT2D eigenvalue weighted by atomic mass is 9.91. The number of benzene rings is 2. The predicted molar refractivity (Wildman–Crippen MR) is 118 cm³/mol. The number of H-pyrrole nitrogens is 1. The summed E-state index contributed by atoms with van der Waals surface area (Å²) in [4.78, 5) is 12.9. The van der Waals surface area contributed by atoms with Crippen molar-refractivity contribution in [2.45, 2.75) is 24.7 Å². The molecule has 0 bridgehead atoms. The molecule has 2 aromatic heterocycles. The highest BCUT2D eigenvalue weighted by Crippen LogP contribution is 2.65. The Bertz CT molecular complexity index is 1370. The Morgan fingerprint density at radius 2 is 2.13 bits per heavy atom. The molecule has 0 radical (unpaired) electrons. The molecule has 2 atom stereocenters. The molecule has 1 fully saturated rings. The van der Waals surface area contributed by atoms with Gasteiger partial charge in [-0.05, 0) is 54.8 Å². The van der Waals surface area contributed by atoms with E-state index >= 15 is 0 Å². The first-order valence-corrected chi connectivity index (χ1v) is 10.2. The Balaban J connectivity index is 1.34. The summed E-state index contributed by atoms with van der Waals surface area (Å²) < 4.78 is 7.17. The maximum Gasteiger partial charge on any atom is 0.235 e. The van der Waals surface area contributed by atoms with Gasteiger partial charge in [0.2, 0.25) is 5.91 Å². The van der Waals surface area contributed by atoms with Crippen molar-refractivity contribution in [3.8, 4) is 5.75 Å². The second-order valence-electron chi connectivity index (χ2n) is 8.40. The van der Waals surface area contributed by atoms with Crippen molar-refractivity contribution in [3.63, 3.8) is 0 Å². The molecule has 8 heteroatoms. The Labute approximate surface area is 178 Å². The van der Waals surface area contributed by atoms with Gasteiger partial charge < -0.3 is 15.4 Å². The predicted octanol–water partition coefficient (Wildman–Crippen LogP) is 3.73. The average Bonchev–Trinajstić information content (AvgIpc) is 3.15. The van der Waals surface area contributed by atoms with Gasteiger partial charge in [-0.2, -0.15) is 10.2 Å². The lowest BCUT2D eigenvalue weighted by Gasteiger charge is -2.10. The molecule has 31 heavy (non-hydrogen) atoms. The highest BCUT2D eigenvalue weighted by Gasteiger charge is 2.65. The molecule has 0 unspecified atom stereocenters. The number of ether oxygens (including phenoxy) is 1. The fourth-order valence-corrected chi connectivity index (χ4v) is 4.90. The van der Waals surface area contributed by atoms with Crippen LogP contribution >= 0.6 is 0 Å². The number of carbonyl (C=O) groups is 1. The Kier molecular flexibility index (Phi) is 3.54. The smallest absolute Gasteiger partial charge is 0.235 e. The monoisotopic (exact) mass is 414 g/mol. The average molecular weight is 414 g/mol. The van der Waals surface area contributed by atoms with E-state index in [0.717, 1.165) is 57.1 Å². The van der Waals surface area contributed by atoms with E-state index in [1.54, 1.807) is 11.8 Å². The van der Waals surface area contributed by atoms with Crippen LogP contribution in [-0.4, -0.2) is 33.0 Å². The standard InChI is InChI=1S/C23H22N6O2/c1-12-20(11-29(2)28-12)24-21-15-6-4-13(8-19(15)26-27-21)17-10-23(17)16-9-14(31-3)5-7-18(16)25-22(23)30/h4-9,11,17H,10H2,1-3H3,(H,25,30)(H2,24,26,27)/t17-,23-/m0/s1. The number of rotatable bonds is 4. The molecule has 1 amide bonds. The van der Waals surface area contributed by atoms with Crippen molar-refractivity contribution >= 4 is 34.0 Å². The van der Waals surface area contributed by atoms with Gasteiger partial charge in [0.1, 0.15) is 5.75 Å². The van der Waals surface area contributed by atoms with Crippen molar-refractivity contribution in [1.29, 1.82) is 0 Å². The molecular formula is C23H22N6O2. The first kappa shape index (κ1) is 18.0. The number of amides is 1. The SMILES string of the molecule is COc1ccc2c(c1)[C@]1(C[C@H]1c1ccc3c(Nc4cn(C)nc4C)n[nH]c3c1)C(=O)N2. The third-order valence-corrected chi connectivity index (χ3v) is 6.58. The van der Waals surface area contributed by atoms with Gasteiger partial charge in [0.05, 0.1) is 29.4 Å². The number of aromatic amines is 1. The fraction of sp³-hybridized carbons (Fsp3) is 0.261. The van der Waals surface area contributed by atoms with E-state index in [-0.39, 0.29) is 11.8 Å². The van der Waals surface area contributed by atoms with Gasteiger partial charge in [-0.3, -0.25) is 14.6 Å². The minimum absolute atomic E-state index is 0.0693. The van der Waals surface area contributed by atoms with E-state index < -0.39 is 5.41 Å². The number of aryl methyl sites for hydroxylation is 2.